The molecular formula is C30H50. The standard InChI is InChI=1S/C30H50/c1-9-26(4)16-11-18-28(6)20-13-22-30(8)24-14-23-29(7)21-12-19-27(5)17-10-15-25(2)3/h9,15,18-19,22-23H,10-14,16-17,20-21,24H2,1-8H3/b26-9?,27-19+,28-18?,29-23+,30-22+. The third-order valence-corrected chi connectivity index (χ3v) is 5.71. The van der Waals surface area contributed by atoms with Gasteiger partial charge in [0.25, 0.3) is 0 Å². The Kier molecular flexibility index (Phi) is 17.3. The Morgan fingerprint density at radius 3 is 0.933 bits per heavy atom. The normalized spacial score (nSPS) is 14.3. The summed E-state index contributed by atoms with van der Waals surface area (Å²) in [5.41, 5.74) is 9.04. The summed E-state index contributed by atoms with van der Waals surface area (Å²) in [4.78, 5) is 0. The zero-order valence-corrected chi connectivity index (χ0v) is 21.5. The quantitative estimate of drug-likeness (QED) is 0.235. The highest BCUT2D eigenvalue weighted by Crippen LogP contribution is 2.15. The highest BCUT2D eigenvalue weighted by molar-refractivity contribution is 5.08. The minimum absolute atomic E-state index is 1.18. The van der Waals surface area contributed by atoms with Crippen LogP contribution in [0.15, 0.2) is 69.9 Å². The van der Waals surface area contributed by atoms with Crippen molar-refractivity contribution >= 4 is 0 Å². The molecule has 0 rings (SSSR count). The molecule has 0 amide bonds. The third-order valence-electron chi connectivity index (χ3n) is 5.71. The summed E-state index contributed by atoms with van der Waals surface area (Å²) >= 11 is 0. The highest BCUT2D eigenvalue weighted by atomic mass is 14.0. The van der Waals surface area contributed by atoms with Gasteiger partial charge in [-0.25, -0.2) is 0 Å². The zero-order chi connectivity index (χ0) is 22.8. The van der Waals surface area contributed by atoms with Gasteiger partial charge in [-0.2, -0.15) is 0 Å². The Labute approximate surface area is 189 Å². The zero-order valence-electron chi connectivity index (χ0n) is 21.5. The first-order valence-corrected chi connectivity index (χ1v) is 12.1. The Morgan fingerprint density at radius 2 is 0.667 bits per heavy atom. The van der Waals surface area contributed by atoms with Crippen LogP contribution in [0.3, 0.4) is 0 Å². The van der Waals surface area contributed by atoms with Crippen molar-refractivity contribution in [2.75, 3.05) is 0 Å². The second-order valence-electron chi connectivity index (χ2n) is 9.31. The van der Waals surface area contributed by atoms with Crippen molar-refractivity contribution in [2.24, 2.45) is 0 Å². The lowest BCUT2D eigenvalue weighted by atomic mass is 10.0. The van der Waals surface area contributed by atoms with E-state index in [4.69, 9.17) is 0 Å². The molecule has 0 aromatic heterocycles. The summed E-state index contributed by atoms with van der Waals surface area (Å²) in [5, 5.41) is 0. The molecule has 0 aromatic rings. The highest BCUT2D eigenvalue weighted by Gasteiger charge is 1.95. The summed E-state index contributed by atoms with van der Waals surface area (Å²) in [6.07, 6.45) is 26.1. The maximum absolute atomic E-state index is 2.44. The summed E-state index contributed by atoms with van der Waals surface area (Å²) in [6.45, 7) is 17.8. The van der Waals surface area contributed by atoms with Crippen molar-refractivity contribution in [3.05, 3.63) is 69.9 Å². The largest absolute Gasteiger partial charge is 0.0887 e. The molecular weight excluding hydrogens is 360 g/mol. The van der Waals surface area contributed by atoms with Gasteiger partial charge < -0.3 is 0 Å². The van der Waals surface area contributed by atoms with Gasteiger partial charge in [-0.1, -0.05) is 69.9 Å². The second-order valence-corrected chi connectivity index (χ2v) is 9.31. The SMILES string of the molecule is CC=C(C)CCC=C(C)CC/C=C(\C)CC/C=C(\C)CC/C=C(\C)CCC=C(C)C. The van der Waals surface area contributed by atoms with Crippen LogP contribution < -0.4 is 0 Å². The molecule has 0 heterocycles. The molecule has 0 aliphatic carbocycles. The van der Waals surface area contributed by atoms with Gasteiger partial charge in [-0.15, -0.1) is 0 Å². The Hall–Kier alpha value is -1.56. The van der Waals surface area contributed by atoms with Crippen molar-refractivity contribution in [1.82, 2.24) is 0 Å². The Balaban J connectivity index is 4.08. The molecule has 0 N–H and O–H groups in total. The molecule has 0 saturated carbocycles. The maximum atomic E-state index is 2.44. The van der Waals surface area contributed by atoms with Crippen molar-refractivity contribution in [3.63, 3.8) is 0 Å². The molecule has 0 bridgehead atoms. The van der Waals surface area contributed by atoms with Crippen molar-refractivity contribution < 1.29 is 0 Å². The molecule has 0 heteroatoms. The molecule has 0 saturated heterocycles. The fourth-order valence-electron chi connectivity index (χ4n) is 3.33. The van der Waals surface area contributed by atoms with E-state index in [0.717, 1.165) is 0 Å². The van der Waals surface area contributed by atoms with Crippen molar-refractivity contribution in [1.29, 1.82) is 0 Å². The predicted molar refractivity (Wildman–Crippen MR) is 140 cm³/mol. The second kappa shape index (κ2) is 18.2. The molecule has 0 unspecified atom stereocenters. The molecule has 0 nitrogen and oxygen atoms in total. The van der Waals surface area contributed by atoms with E-state index in [1.807, 2.05) is 0 Å². The predicted octanol–water partition coefficient (Wildman–Crippen LogP) is 10.6. The summed E-state index contributed by atoms with van der Waals surface area (Å²) < 4.78 is 0. The van der Waals surface area contributed by atoms with E-state index in [-0.39, 0.29) is 0 Å². The molecule has 0 aliphatic heterocycles. The molecule has 170 valence electrons. The van der Waals surface area contributed by atoms with Gasteiger partial charge in [0, 0.05) is 0 Å². The number of hydrogen-bond acceptors (Lipinski definition) is 0. The average Bonchev–Trinajstić information content (AvgIpc) is 2.67. The topological polar surface area (TPSA) is 0 Å². The Bertz CT molecular complexity index is 640. The van der Waals surface area contributed by atoms with E-state index >= 15 is 0 Å². The van der Waals surface area contributed by atoms with Crippen LogP contribution in [-0.2, 0) is 0 Å². The van der Waals surface area contributed by atoms with Gasteiger partial charge in [0.05, 0.1) is 0 Å². The van der Waals surface area contributed by atoms with Crippen LogP contribution in [0.1, 0.15) is 120 Å². The fraction of sp³-hybridized carbons (Fsp3) is 0.600. The minimum Gasteiger partial charge on any atom is -0.0887 e. The monoisotopic (exact) mass is 410 g/mol. The van der Waals surface area contributed by atoms with Gasteiger partial charge in [0.2, 0.25) is 0 Å². The van der Waals surface area contributed by atoms with Gasteiger partial charge in [-0.3, -0.25) is 0 Å². The van der Waals surface area contributed by atoms with Gasteiger partial charge in [0.1, 0.15) is 0 Å². The number of hydrogen-bond donors (Lipinski definition) is 0. The first kappa shape index (κ1) is 28.4. The van der Waals surface area contributed by atoms with Crippen molar-refractivity contribution in [2.45, 2.75) is 120 Å². The lowest BCUT2D eigenvalue weighted by Crippen LogP contribution is -1.83. The van der Waals surface area contributed by atoms with Crippen molar-refractivity contribution in [3.8, 4) is 0 Å². The fourth-order valence-corrected chi connectivity index (χ4v) is 3.33. The van der Waals surface area contributed by atoms with E-state index in [9.17, 15) is 0 Å². The molecule has 0 spiro atoms. The third kappa shape index (κ3) is 18.5. The lowest BCUT2D eigenvalue weighted by molar-refractivity contribution is 0.886. The van der Waals surface area contributed by atoms with E-state index in [1.54, 1.807) is 0 Å². The van der Waals surface area contributed by atoms with Gasteiger partial charge >= 0.3 is 0 Å². The molecule has 30 heavy (non-hydrogen) atoms. The molecule has 0 aromatic carbocycles. The van der Waals surface area contributed by atoms with E-state index in [2.05, 4.69) is 91.8 Å². The van der Waals surface area contributed by atoms with Crippen LogP contribution in [0, 0.1) is 0 Å². The maximum Gasteiger partial charge on any atom is -0.0288 e. The number of allylic oxidation sites excluding steroid dienone is 12. The minimum atomic E-state index is 1.18. The first-order valence-electron chi connectivity index (χ1n) is 12.1. The van der Waals surface area contributed by atoms with Crippen LogP contribution in [0.2, 0.25) is 0 Å². The first-order chi connectivity index (χ1) is 14.2. The summed E-state index contributed by atoms with van der Waals surface area (Å²) in [7, 11) is 0. The van der Waals surface area contributed by atoms with Crippen LogP contribution in [0.4, 0.5) is 0 Å². The summed E-state index contributed by atoms with van der Waals surface area (Å²) in [6, 6.07) is 0. The lowest BCUT2D eigenvalue weighted by Gasteiger charge is -2.03. The number of rotatable bonds is 15. The van der Waals surface area contributed by atoms with Crippen LogP contribution >= 0.6 is 0 Å². The summed E-state index contributed by atoms with van der Waals surface area (Å²) in [5.74, 6) is 0. The molecule has 0 fully saturated rings. The molecule has 0 atom stereocenters. The van der Waals surface area contributed by atoms with E-state index in [0.29, 0.717) is 0 Å². The Morgan fingerprint density at radius 1 is 0.400 bits per heavy atom. The molecule has 0 aliphatic rings. The van der Waals surface area contributed by atoms with Crippen LogP contribution in [-0.4, -0.2) is 0 Å². The van der Waals surface area contributed by atoms with Crippen LogP contribution in [0.5, 0.6) is 0 Å². The van der Waals surface area contributed by atoms with E-state index < -0.39 is 0 Å². The molecule has 0 radical (unpaired) electrons. The van der Waals surface area contributed by atoms with Crippen LogP contribution in [0.25, 0.3) is 0 Å². The average molecular weight is 411 g/mol. The van der Waals surface area contributed by atoms with E-state index in [1.165, 1.54) is 97.6 Å². The van der Waals surface area contributed by atoms with Gasteiger partial charge in [-0.05, 0) is 120 Å². The smallest absolute Gasteiger partial charge is 0.0288 e. The van der Waals surface area contributed by atoms with Gasteiger partial charge in [0.15, 0.2) is 0 Å².